The molecule has 1 heterocycles. The number of rotatable bonds is 3. The number of amides is 1. The highest BCUT2D eigenvalue weighted by atomic mass is 16.2. The molecule has 1 N–H and O–H groups in total. The van der Waals surface area contributed by atoms with Gasteiger partial charge in [0, 0.05) is 23.5 Å². The van der Waals surface area contributed by atoms with Gasteiger partial charge in [-0.1, -0.05) is 32.9 Å². The normalized spacial score (nSPS) is 11.3. The van der Waals surface area contributed by atoms with E-state index in [4.69, 9.17) is 0 Å². The Labute approximate surface area is 113 Å². The van der Waals surface area contributed by atoms with E-state index in [1.807, 2.05) is 62.0 Å². The lowest BCUT2D eigenvalue weighted by Crippen LogP contribution is -2.27. The minimum absolute atomic E-state index is 0.0174. The molecular formula is C15H19N3O. The summed E-state index contributed by atoms with van der Waals surface area (Å²) in [7, 11) is 0. The first kappa shape index (κ1) is 13.3. The third-order valence-electron chi connectivity index (χ3n) is 2.77. The standard InChI is InChI=1S/C15H19N3O/c1-15(2,3)14(19)17-13-7-4-6-12(10-13)11-18-9-5-8-16-18/h4-10H,11H2,1-3H3,(H,17,19). The number of nitrogens with one attached hydrogen (secondary N) is 1. The Morgan fingerprint density at radius 1 is 1.32 bits per heavy atom. The summed E-state index contributed by atoms with van der Waals surface area (Å²) in [5, 5.41) is 7.10. The zero-order valence-corrected chi connectivity index (χ0v) is 11.6. The van der Waals surface area contributed by atoms with Crippen molar-refractivity contribution in [2.45, 2.75) is 27.3 Å². The van der Waals surface area contributed by atoms with Crippen molar-refractivity contribution in [1.82, 2.24) is 9.78 Å². The van der Waals surface area contributed by atoms with E-state index in [1.54, 1.807) is 6.20 Å². The Bertz CT molecular complexity index is 553. The van der Waals surface area contributed by atoms with Gasteiger partial charge in [-0.15, -0.1) is 0 Å². The molecule has 0 aliphatic carbocycles. The minimum atomic E-state index is -0.391. The van der Waals surface area contributed by atoms with Crippen LogP contribution in [-0.4, -0.2) is 15.7 Å². The van der Waals surface area contributed by atoms with Gasteiger partial charge in [-0.05, 0) is 23.8 Å². The first-order chi connectivity index (χ1) is 8.95. The van der Waals surface area contributed by atoms with Gasteiger partial charge in [-0.3, -0.25) is 9.48 Å². The highest BCUT2D eigenvalue weighted by molar-refractivity contribution is 5.94. The molecule has 19 heavy (non-hydrogen) atoms. The van der Waals surface area contributed by atoms with E-state index in [1.165, 1.54) is 0 Å². The number of hydrogen-bond acceptors (Lipinski definition) is 2. The topological polar surface area (TPSA) is 46.9 Å². The van der Waals surface area contributed by atoms with E-state index in [-0.39, 0.29) is 5.91 Å². The molecule has 4 nitrogen and oxygen atoms in total. The monoisotopic (exact) mass is 257 g/mol. The molecule has 1 aromatic carbocycles. The number of aromatic nitrogens is 2. The van der Waals surface area contributed by atoms with Crippen LogP contribution in [0.2, 0.25) is 0 Å². The smallest absolute Gasteiger partial charge is 0.229 e. The van der Waals surface area contributed by atoms with Crippen molar-refractivity contribution in [2.75, 3.05) is 5.32 Å². The van der Waals surface area contributed by atoms with Crippen LogP contribution in [-0.2, 0) is 11.3 Å². The van der Waals surface area contributed by atoms with Crippen LogP contribution >= 0.6 is 0 Å². The SMILES string of the molecule is CC(C)(C)C(=O)Nc1cccc(Cn2cccn2)c1. The summed E-state index contributed by atoms with van der Waals surface area (Å²) in [6.07, 6.45) is 3.67. The van der Waals surface area contributed by atoms with Crippen LogP contribution in [0.3, 0.4) is 0 Å². The summed E-state index contributed by atoms with van der Waals surface area (Å²) >= 11 is 0. The summed E-state index contributed by atoms with van der Waals surface area (Å²) < 4.78 is 1.85. The number of carbonyl (C=O) groups is 1. The first-order valence-electron chi connectivity index (χ1n) is 6.33. The quantitative estimate of drug-likeness (QED) is 0.919. The number of nitrogens with zero attached hydrogens (tertiary/aromatic N) is 2. The molecule has 2 aromatic rings. The molecule has 100 valence electrons. The van der Waals surface area contributed by atoms with Crippen molar-refractivity contribution in [3.63, 3.8) is 0 Å². The lowest BCUT2D eigenvalue weighted by molar-refractivity contribution is -0.123. The molecule has 0 bridgehead atoms. The molecule has 4 heteroatoms. The van der Waals surface area contributed by atoms with Crippen LogP contribution in [0.4, 0.5) is 5.69 Å². The summed E-state index contributed by atoms with van der Waals surface area (Å²) in [5.41, 5.74) is 1.54. The molecule has 1 amide bonds. The van der Waals surface area contributed by atoms with Gasteiger partial charge >= 0.3 is 0 Å². The number of carbonyl (C=O) groups excluding carboxylic acids is 1. The van der Waals surface area contributed by atoms with E-state index in [2.05, 4.69) is 10.4 Å². The summed E-state index contributed by atoms with van der Waals surface area (Å²) in [6, 6.07) is 9.73. The lowest BCUT2D eigenvalue weighted by atomic mass is 9.95. The fourth-order valence-corrected chi connectivity index (χ4v) is 1.65. The maximum absolute atomic E-state index is 11.9. The number of hydrogen-bond donors (Lipinski definition) is 1. The van der Waals surface area contributed by atoms with Crippen molar-refractivity contribution >= 4 is 11.6 Å². The largest absolute Gasteiger partial charge is 0.326 e. The zero-order valence-electron chi connectivity index (χ0n) is 11.6. The fraction of sp³-hybridized carbons (Fsp3) is 0.333. The van der Waals surface area contributed by atoms with Crippen molar-refractivity contribution in [1.29, 1.82) is 0 Å². The fourth-order valence-electron chi connectivity index (χ4n) is 1.65. The molecule has 0 unspecified atom stereocenters. The van der Waals surface area contributed by atoms with Crippen molar-refractivity contribution in [3.8, 4) is 0 Å². The Kier molecular flexibility index (Phi) is 3.69. The van der Waals surface area contributed by atoms with Gasteiger partial charge in [0.1, 0.15) is 0 Å². The van der Waals surface area contributed by atoms with Crippen LogP contribution in [0.25, 0.3) is 0 Å². The molecule has 0 aliphatic rings. The van der Waals surface area contributed by atoms with Gasteiger partial charge in [0.05, 0.1) is 6.54 Å². The second-order valence-electron chi connectivity index (χ2n) is 5.61. The van der Waals surface area contributed by atoms with Crippen molar-refractivity contribution in [2.24, 2.45) is 5.41 Å². The Morgan fingerprint density at radius 2 is 2.11 bits per heavy atom. The molecule has 0 aliphatic heterocycles. The van der Waals surface area contributed by atoms with Crippen LogP contribution in [0.15, 0.2) is 42.7 Å². The second-order valence-corrected chi connectivity index (χ2v) is 5.61. The van der Waals surface area contributed by atoms with Crippen molar-refractivity contribution < 1.29 is 4.79 Å². The number of anilines is 1. The molecule has 2 rings (SSSR count). The van der Waals surface area contributed by atoms with Crippen LogP contribution in [0.1, 0.15) is 26.3 Å². The van der Waals surface area contributed by atoms with Gasteiger partial charge < -0.3 is 5.32 Å². The predicted octanol–water partition coefficient (Wildman–Crippen LogP) is 2.92. The Balaban J connectivity index is 2.09. The number of benzene rings is 1. The summed E-state index contributed by atoms with van der Waals surface area (Å²) in [5.74, 6) is 0.0174. The van der Waals surface area contributed by atoms with E-state index < -0.39 is 5.41 Å². The first-order valence-corrected chi connectivity index (χ1v) is 6.33. The van der Waals surface area contributed by atoms with E-state index in [0.29, 0.717) is 6.54 Å². The third kappa shape index (κ3) is 3.68. The highest BCUT2D eigenvalue weighted by Gasteiger charge is 2.21. The minimum Gasteiger partial charge on any atom is -0.326 e. The van der Waals surface area contributed by atoms with Crippen LogP contribution in [0.5, 0.6) is 0 Å². The second kappa shape index (κ2) is 5.26. The van der Waals surface area contributed by atoms with Crippen molar-refractivity contribution in [3.05, 3.63) is 48.3 Å². The molecule has 0 radical (unpaired) electrons. The Morgan fingerprint density at radius 3 is 2.74 bits per heavy atom. The average Bonchev–Trinajstić information content (AvgIpc) is 2.81. The predicted molar refractivity (Wildman–Crippen MR) is 75.9 cm³/mol. The van der Waals surface area contributed by atoms with Gasteiger partial charge in [0.25, 0.3) is 0 Å². The molecule has 0 spiro atoms. The molecule has 1 aromatic heterocycles. The summed E-state index contributed by atoms with van der Waals surface area (Å²) in [6.45, 7) is 6.40. The Hall–Kier alpha value is -2.10. The zero-order chi connectivity index (χ0) is 13.9. The van der Waals surface area contributed by atoms with Gasteiger partial charge in [-0.25, -0.2) is 0 Å². The molecule has 0 atom stereocenters. The van der Waals surface area contributed by atoms with Crippen LogP contribution < -0.4 is 5.32 Å². The summed E-state index contributed by atoms with van der Waals surface area (Å²) in [4.78, 5) is 11.9. The van der Waals surface area contributed by atoms with E-state index in [0.717, 1.165) is 11.3 Å². The highest BCUT2D eigenvalue weighted by Crippen LogP contribution is 2.18. The maximum Gasteiger partial charge on any atom is 0.229 e. The van der Waals surface area contributed by atoms with E-state index in [9.17, 15) is 4.79 Å². The van der Waals surface area contributed by atoms with Gasteiger partial charge in [-0.2, -0.15) is 5.10 Å². The maximum atomic E-state index is 11.9. The molecule has 0 fully saturated rings. The van der Waals surface area contributed by atoms with Crippen LogP contribution in [0, 0.1) is 5.41 Å². The lowest BCUT2D eigenvalue weighted by Gasteiger charge is -2.18. The van der Waals surface area contributed by atoms with Gasteiger partial charge in [0.15, 0.2) is 0 Å². The molecule has 0 saturated carbocycles. The third-order valence-corrected chi connectivity index (χ3v) is 2.77. The van der Waals surface area contributed by atoms with E-state index >= 15 is 0 Å². The van der Waals surface area contributed by atoms with Gasteiger partial charge in [0.2, 0.25) is 5.91 Å². The molecular weight excluding hydrogens is 238 g/mol. The molecule has 0 saturated heterocycles. The average molecular weight is 257 g/mol.